The number of amides is 1. The number of methoxy groups -OCH3 is 1. The number of aliphatic hydroxyl groups excluding tert-OH is 1. The summed E-state index contributed by atoms with van der Waals surface area (Å²) in [6.07, 6.45) is 4.35. The van der Waals surface area contributed by atoms with Crippen LogP contribution in [0.4, 0.5) is 19.4 Å². The summed E-state index contributed by atoms with van der Waals surface area (Å²) in [6, 6.07) is 6.22. The first kappa shape index (κ1) is 43.5. The minimum absolute atomic E-state index is 0.0413. The van der Waals surface area contributed by atoms with E-state index < -0.39 is 30.7 Å². The normalized spacial score (nSPS) is 18.7. The van der Waals surface area contributed by atoms with Gasteiger partial charge in [0.25, 0.3) is 0 Å². The van der Waals surface area contributed by atoms with E-state index in [9.17, 15) is 9.90 Å². The van der Waals surface area contributed by atoms with Crippen molar-refractivity contribution in [2.24, 2.45) is 5.41 Å². The van der Waals surface area contributed by atoms with Gasteiger partial charge < -0.3 is 29.0 Å². The molecule has 14 heteroatoms. The van der Waals surface area contributed by atoms with Gasteiger partial charge in [0.15, 0.2) is 12.6 Å². The molecule has 0 radical (unpaired) electrons. The lowest BCUT2D eigenvalue weighted by atomic mass is 9.95. The van der Waals surface area contributed by atoms with Crippen LogP contribution in [0.15, 0.2) is 30.5 Å². The number of halogens is 2. The molecule has 1 amide bonds. The average molecular weight is 844 g/mol. The Morgan fingerprint density at radius 3 is 2.22 bits per heavy atom. The Balaban J connectivity index is 1.41. The molecule has 322 valence electrons. The fourth-order valence-electron chi connectivity index (χ4n) is 9.51. The van der Waals surface area contributed by atoms with Gasteiger partial charge in [0.05, 0.1) is 41.8 Å². The summed E-state index contributed by atoms with van der Waals surface area (Å²) in [4.78, 5) is 31.5. The van der Waals surface area contributed by atoms with Crippen LogP contribution in [-0.2, 0) is 9.47 Å². The molecule has 2 bridgehead atoms. The summed E-state index contributed by atoms with van der Waals surface area (Å²) in [5, 5.41) is 11.4. The van der Waals surface area contributed by atoms with E-state index in [4.69, 9.17) is 28.9 Å². The second-order valence-corrected chi connectivity index (χ2v) is 24.4. The molecule has 60 heavy (non-hydrogen) atoms. The minimum atomic E-state index is -2.32. The van der Waals surface area contributed by atoms with Gasteiger partial charge in [0, 0.05) is 37.2 Å². The summed E-state index contributed by atoms with van der Waals surface area (Å²) in [5.41, 5.74) is 3.76. The summed E-state index contributed by atoms with van der Waals surface area (Å²) in [5.74, 6) is 2.68. The van der Waals surface area contributed by atoms with E-state index >= 15 is 8.78 Å². The molecule has 1 aliphatic carbocycles. The van der Waals surface area contributed by atoms with Gasteiger partial charge in [-0.1, -0.05) is 59.6 Å². The number of ether oxygens (including phenoxy) is 4. The topological polar surface area (TPSA) is 119 Å². The fraction of sp³-hybridized carbons (Fsp3) is 0.565. The van der Waals surface area contributed by atoms with Gasteiger partial charge in [0.1, 0.15) is 42.3 Å². The van der Waals surface area contributed by atoms with Crippen LogP contribution in [-0.4, -0.2) is 97.0 Å². The molecule has 4 heterocycles. The predicted molar refractivity (Wildman–Crippen MR) is 232 cm³/mol. The van der Waals surface area contributed by atoms with Crippen LogP contribution in [0.3, 0.4) is 0 Å². The van der Waals surface area contributed by atoms with Crippen LogP contribution < -0.4 is 14.4 Å². The van der Waals surface area contributed by atoms with Gasteiger partial charge in [-0.05, 0) is 80.6 Å². The van der Waals surface area contributed by atoms with E-state index in [0.717, 1.165) is 25.7 Å². The SMILES string of the molecule is COCOc1ccc2ccc(F)c(C#C[Si](C(C)C)(C(C)C)C(C)C)c2c1-c1ncc2c(N3CC4CCC(C3)N4C(=O)OC(C)(C)C)nc(OCC3(CO)CC3)nc2c1F. The Labute approximate surface area is 353 Å². The van der Waals surface area contributed by atoms with E-state index in [2.05, 4.69) is 58.0 Å². The van der Waals surface area contributed by atoms with Crippen molar-refractivity contribution in [2.75, 3.05) is 45.1 Å². The van der Waals surface area contributed by atoms with Crippen molar-refractivity contribution in [3.63, 3.8) is 0 Å². The number of pyridine rings is 1. The van der Waals surface area contributed by atoms with E-state index in [1.165, 1.54) is 13.2 Å². The molecule has 3 aliphatic rings. The third kappa shape index (κ3) is 8.12. The number of anilines is 1. The summed E-state index contributed by atoms with van der Waals surface area (Å²) in [7, 11) is -0.835. The molecule has 4 aromatic rings. The smallest absolute Gasteiger partial charge is 0.410 e. The standard InChI is InChI=1S/C46H59F2N5O6Si/c1-27(2)60(28(3)4,29(5)6)20-17-33-35(47)15-11-30-12-16-36(58-26-56-10)38(37(30)33)41-39(48)40-34(21-49-41)42(51-43(50-40)57-25-46(24-54)18-19-46)52-22-31-13-14-32(23-52)53(31)44(55)59-45(7,8)9/h11-12,15-16,21,27-29,31-32,54H,13-14,18-19,22-26H2,1-10H3. The van der Waals surface area contributed by atoms with Gasteiger partial charge in [-0.25, -0.2) is 13.6 Å². The maximum absolute atomic E-state index is 17.7. The number of carbonyl (C=O) groups excluding carboxylic acids is 1. The van der Waals surface area contributed by atoms with Crippen LogP contribution in [0.25, 0.3) is 32.9 Å². The van der Waals surface area contributed by atoms with E-state index in [1.54, 1.807) is 24.4 Å². The van der Waals surface area contributed by atoms with Crippen LogP contribution in [0.5, 0.6) is 11.8 Å². The Hall–Kier alpha value is -4.58. The van der Waals surface area contributed by atoms with E-state index in [1.807, 2.05) is 30.6 Å². The molecule has 2 unspecified atom stereocenters. The number of nitrogens with zero attached hydrogens (tertiary/aromatic N) is 5. The van der Waals surface area contributed by atoms with Gasteiger partial charge >= 0.3 is 12.1 Å². The second-order valence-electron chi connectivity index (χ2n) is 18.8. The number of hydrogen-bond acceptors (Lipinski definition) is 10. The molecule has 1 N–H and O–H groups in total. The lowest BCUT2D eigenvalue weighted by Crippen LogP contribution is -2.57. The Morgan fingerprint density at radius 1 is 0.983 bits per heavy atom. The van der Waals surface area contributed by atoms with Crippen LogP contribution >= 0.6 is 0 Å². The Kier molecular flexibility index (Phi) is 12.1. The number of carbonyl (C=O) groups is 1. The molecule has 7 rings (SSSR count). The number of hydrogen-bond donors (Lipinski definition) is 1. The Bertz CT molecular complexity index is 2300. The monoisotopic (exact) mass is 843 g/mol. The summed E-state index contributed by atoms with van der Waals surface area (Å²) in [6.45, 7) is 19.6. The molecule has 1 saturated carbocycles. The van der Waals surface area contributed by atoms with Crippen molar-refractivity contribution >= 4 is 41.7 Å². The lowest BCUT2D eigenvalue weighted by Gasteiger charge is -2.42. The number of rotatable bonds is 12. The first-order valence-electron chi connectivity index (χ1n) is 21.2. The average Bonchev–Trinajstić information content (AvgIpc) is 3.92. The van der Waals surface area contributed by atoms with Gasteiger partial charge in [0.2, 0.25) is 0 Å². The van der Waals surface area contributed by atoms with Crippen LogP contribution in [0, 0.1) is 28.5 Å². The molecule has 2 atom stereocenters. The third-order valence-electron chi connectivity index (χ3n) is 12.8. The van der Waals surface area contributed by atoms with Crippen LogP contribution in [0.2, 0.25) is 16.6 Å². The van der Waals surface area contributed by atoms with Crippen molar-refractivity contribution in [2.45, 2.75) is 122 Å². The Morgan fingerprint density at radius 2 is 1.63 bits per heavy atom. The zero-order chi connectivity index (χ0) is 43.3. The highest BCUT2D eigenvalue weighted by molar-refractivity contribution is 6.90. The van der Waals surface area contributed by atoms with Crippen molar-refractivity contribution in [3.05, 3.63) is 47.7 Å². The summed E-state index contributed by atoms with van der Waals surface area (Å²) >= 11 is 0. The first-order valence-corrected chi connectivity index (χ1v) is 23.4. The molecule has 2 aromatic carbocycles. The number of aliphatic hydroxyl groups is 1. The maximum Gasteiger partial charge on any atom is 0.410 e. The van der Waals surface area contributed by atoms with Gasteiger partial charge in [-0.15, -0.1) is 5.54 Å². The zero-order valence-corrected chi connectivity index (χ0v) is 37.6. The van der Waals surface area contributed by atoms with Crippen molar-refractivity contribution < 1.29 is 37.6 Å². The first-order chi connectivity index (χ1) is 28.4. The van der Waals surface area contributed by atoms with Crippen molar-refractivity contribution in [3.8, 4) is 34.5 Å². The maximum atomic E-state index is 17.7. The molecular weight excluding hydrogens is 785 g/mol. The highest BCUT2D eigenvalue weighted by atomic mass is 28.3. The van der Waals surface area contributed by atoms with Crippen molar-refractivity contribution in [1.82, 2.24) is 19.9 Å². The molecular formula is C46H59F2N5O6Si. The summed E-state index contributed by atoms with van der Waals surface area (Å²) < 4.78 is 57.4. The largest absolute Gasteiger partial charge is 0.467 e. The van der Waals surface area contributed by atoms with Gasteiger partial charge in [-0.3, -0.25) is 9.88 Å². The molecule has 11 nitrogen and oxygen atoms in total. The molecule has 2 saturated heterocycles. The van der Waals surface area contributed by atoms with E-state index in [-0.39, 0.29) is 72.3 Å². The second kappa shape index (κ2) is 16.7. The zero-order valence-electron chi connectivity index (χ0n) is 36.6. The van der Waals surface area contributed by atoms with Crippen molar-refractivity contribution in [1.29, 1.82) is 0 Å². The molecule has 0 spiro atoms. The quantitative estimate of drug-likeness (QED) is 0.0840. The van der Waals surface area contributed by atoms with Gasteiger partial charge in [-0.2, -0.15) is 9.97 Å². The van der Waals surface area contributed by atoms with Crippen LogP contribution in [0.1, 0.15) is 93.6 Å². The molecule has 3 fully saturated rings. The molecule has 2 aromatic heterocycles. The number of benzene rings is 2. The highest BCUT2D eigenvalue weighted by Crippen LogP contribution is 2.47. The number of aromatic nitrogens is 3. The fourth-order valence-corrected chi connectivity index (χ4v) is 14.7. The van der Waals surface area contributed by atoms with E-state index in [0.29, 0.717) is 51.7 Å². The minimum Gasteiger partial charge on any atom is -0.467 e. The lowest BCUT2D eigenvalue weighted by molar-refractivity contribution is 0.0122. The molecule has 2 aliphatic heterocycles. The number of piperazine rings is 1. The highest BCUT2D eigenvalue weighted by Gasteiger charge is 2.46. The predicted octanol–water partition coefficient (Wildman–Crippen LogP) is 9.41. The number of fused-ring (bicyclic) bond motifs is 4. The third-order valence-corrected chi connectivity index (χ3v) is 19.1.